The van der Waals surface area contributed by atoms with Crippen LogP contribution in [0.15, 0.2) is 0 Å². The van der Waals surface area contributed by atoms with E-state index in [1.165, 1.54) is 12.8 Å². The van der Waals surface area contributed by atoms with Gasteiger partial charge in [0.25, 0.3) is 0 Å². The maximum atomic E-state index is 12.2. The maximum absolute atomic E-state index is 12.2. The minimum absolute atomic E-state index is 0.112. The Balaban J connectivity index is 1.80. The van der Waals surface area contributed by atoms with Gasteiger partial charge in [0.15, 0.2) is 0 Å². The molecule has 2 rings (SSSR count). The molecule has 3 nitrogen and oxygen atoms in total. The standard InChI is InChI=1S/C13H23NO2/c1-9-4-3-5-12(9)13(16)14(2)8-10-6-11(15)7-10/h9-12,15H,3-8H2,1-2H3. The Labute approximate surface area is 97.8 Å². The predicted molar refractivity (Wildman–Crippen MR) is 62.9 cm³/mol. The molecule has 0 aromatic rings. The number of aliphatic hydroxyl groups excluding tert-OH is 1. The molecule has 0 saturated heterocycles. The van der Waals surface area contributed by atoms with Crippen molar-refractivity contribution < 1.29 is 9.90 Å². The molecule has 0 aromatic carbocycles. The SMILES string of the molecule is CC1CCCC1C(=O)N(C)CC1CC(O)C1. The van der Waals surface area contributed by atoms with Crippen molar-refractivity contribution >= 4 is 5.91 Å². The van der Waals surface area contributed by atoms with Crippen LogP contribution in [-0.4, -0.2) is 35.6 Å². The van der Waals surface area contributed by atoms with Crippen LogP contribution in [-0.2, 0) is 4.79 Å². The lowest BCUT2D eigenvalue weighted by Crippen LogP contribution is -2.42. The zero-order valence-electron chi connectivity index (χ0n) is 10.4. The molecule has 3 heteroatoms. The molecule has 2 atom stereocenters. The highest BCUT2D eigenvalue weighted by atomic mass is 16.3. The van der Waals surface area contributed by atoms with Gasteiger partial charge in [-0.25, -0.2) is 0 Å². The molecule has 0 spiro atoms. The topological polar surface area (TPSA) is 40.5 Å². The minimum Gasteiger partial charge on any atom is -0.393 e. The van der Waals surface area contributed by atoms with Crippen LogP contribution >= 0.6 is 0 Å². The normalized spacial score (nSPS) is 38.2. The van der Waals surface area contributed by atoms with E-state index in [9.17, 15) is 9.90 Å². The molecule has 2 aliphatic rings. The van der Waals surface area contributed by atoms with E-state index in [0.717, 1.165) is 25.8 Å². The number of rotatable bonds is 3. The Bertz CT molecular complexity index is 261. The summed E-state index contributed by atoms with van der Waals surface area (Å²) in [5, 5.41) is 9.22. The first kappa shape index (κ1) is 11.9. The smallest absolute Gasteiger partial charge is 0.225 e. The van der Waals surface area contributed by atoms with Crippen molar-refractivity contribution in [1.82, 2.24) is 4.90 Å². The molecular formula is C13H23NO2. The highest BCUT2D eigenvalue weighted by molar-refractivity contribution is 5.79. The van der Waals surface area contributed by atoms with Gasteiger partial charge in [-0.3, -0.25) is 4.79 Å². The highest BCUT2D eigenvalue weighted by Crippen LogP contribution is 2.33. The van der Waals surface area contributed by atoms with Crippen LogP contribution in [0.2, 0.25) is 0 Å². The highest BCUT2D eigenvalue weighted by Gasteiger charge is 2.34. The number of carbonyl (C=O) groups is 1. The van der Waals surface area contributed by atoms with Crippen LogP contribution in [0.3, 0.4) is 0 Å². The molecule has 2 unspecified atom stereocenters. The number of carbonyl (C=O) groups excluding carboxylic acids is 1. The van der Waals surface area contributed by atoms with Crippen molar-refractivity contribution in [3.05, 3.63) is 0 Å². The second-order valence-electron chi connectivity index (χ2n) is 5.72. The molecule has 2 fully saturated rings. The van der Waals surface area contributed by atoms with Crippen LogP contribution in [0.25, 0.3) is 0 Å². The van der Waals surface area contributed by atoms with Gasteiger partial charge in [0, 0.05) is 19.5 Å². The van der Waals surface area contributed by atoms with Crippen molar-refractivity contribution in [2.24, 2.45) is 17.8 Å². The number of hydrogen-bond acceptors (Lipinski definition) is 2. The number of amides is 1. The molecule has 1 amide bonds. The Morgan fingerprint density at radius 2 is 2.06 bits per heavy atom. The predicted octanol–water partition coefficient (Wildman–Crippen LogP) is 1.65. The molecule has 0 radical (unpaired) electrons. The van der Waals surface area contributed by atoms with Crippen molar-refractivity contribution in [3.63, 3.8) is 0 Å². The zero-order valence-corrected chi connectivity index (χ0v) is 10.4. The van der Waals surface area contributed by atoms with Crippen molar-refractivity contribution in [1.29, 1.82) is 0 Å². The summed E-state index contributed by atoms with van der Waals surface area (Å²) in [7, 11) is 1.91. The summed E-state index contributed by atoms with van der Waals surface area (Å²) in [6.45, 7) is 3.02. The van der Waals surface area contributed by atoms with Crippen molar-refractivity contribution in [2.45, 2.75) is 45.1 Å². The molecule has 2 saturated carbocycles. The van der Waals surface area contributed by atoms with E-state index in [-0.39, 0.29) is 12.0 Å². The fraction of sp³-hybridized carbons (Fsp3) is 0.923. The summed E-state index contributed by atoms with van der Waals surface area (Å²) in [5.41, 5.74) is 0. The summed E-state index contributed by atoms with van der Waals surface area (Å²) >= 11 is 0. The van der Waals surface area contributed by atoms with Crippen LogP contribution < -0.4 is 0 Å². The summed E-state index contributed by atoms with van der Waals surface area (Å²) in [6.07, 6.45) is 5.10. The number of hydrogen-bond donors (Lipinski definition) is 1. The second kappa shape index (κ2) is 4.74. The average molecular weight is 225 g/mol. The van der Waals surface area contributed by atoms with E-state index in [2.05, 4.69) is 6.92 Å². The fourth-order valence-electron chi connectivity index (χ4n) is 3.12. The molecule has 0 aliphatic heterocycles. The van der Waals surface area contributed by atoms with Crippen LogP contribution in [0.1, 0.15) is 39.0 Å². The van der Waals surface area contributed by atoms with E-state index in [1.54, 1.807) is 0 Å². The lowest BCUT2D eigenvalue weighted by atomic mass is 9.82. The number of nitrogens with zero attached hydrogens (tertiary/aromatic N) is 1. The van der Waals surface area contributed by atoms with Gasteiger partial charge in [0.1, 0.15) is 0 Å². The first-order valence-electron chi connectivity index (χ1n) is 6.51. The largest absolute Gasteiger partial charge is 0.393 e. The lowest BCUT2D eigenvalue weighted by molar-refractivity contribution is -0.136. The van der Waals surface area contributed by atoms with Crippen LogP contribution in [0.4, 0.5) is 0 Å². The van der Waals surface area contributed by atoms with Gasteiger partial charge in [-0.1, -0.05) is 13.3 Å². The van der Waals surface area contributed by atoms with Gasteiger partial charge < -0.3 is 10.0 Å². The first-order chi connectivity index (χ1) is 7.58. The van der Waals surface area contributed by atoms with E-state index in [1.807, 2.05) is 11.9 Å². The molecule has 2 aliphatic carbocycles. The molecule has 0 bridgehead atoms. The van der Waals surface area contributed by atoms with E-state index in [0.29, 0.717) is 17.7 Å². The Morgan fingerprint density at radius 1 is 1.38 bits per heavy atom. The monoisotopic (exact) mass is 225 g/mol. The van der Waals surface area contributed by atoms with Crippen LogP contribution in [0, 0.1) is 17.8 Å². The van der Waals surface area contributed by atoms with Crippen LogP contribution in [0.5, 0.6) is 0 Å². The third kappa shape index (κ3) is 2.40. The third-order valence-corrected chi connectivity index (χ3v) is 4.30. The minimum atomic E-state index is -0.112. The van der Waals surface area contributed by atoms with Gasteiger partial charge in [-0.2, -0.15) is 0 Å². The van der Waals surface area contributed by atoms with Gasteiger partial charge in [0.2, 0.25) is 5.91 Å². The van der Waals surface area contributed by atoms with Crippen molar-refractivity contribution in [2.75, 3.05) is 13.6 Å². The summed E-state index contributed by atoms with van der Waals surface area (Å²) in [5.74, 6) is 1.67. The third-order valence-electron chi connectivity index (χ3n) is 4.30. The molecule has 92 valence electrons. The molecule has 16 heavy (non-hydrogen) atoms. The fourth-order valence-corrected chi connectivity index (χ4v) is 3.12. The zero-order chi connectivity index (χ0) is 11.7. The molecular weight excluding hydrogens is 202 g/mol. The summed E-state index contributed by atoms with van der Waals surface area (Å²) < 4.78 is 0. The van der Waals surface area contributed by atoms with E-state index >= 15 is 0 Å². The summed E-state index contributed by atoms with van der Waals surface area (Å²) in [4.78, 5) is 14.1. The Morgan fingerprint density at radius 3 is 2.56 bits per heavy atom. The van der Waals surface area contributed by atoms with Gasteiger partial charge in [-0.05, 0) is 37.5 Å². The second-order valence-corrected chi connectivity index (χ2v) is 5.72. The van der Waals surface area contributed by atoms with Gasteiger partial charge in [-0.15, -0.1) is 0 Å². The first-order valence-corrected chi connectivity index (χ1v) is 6.51. The Kier molecular flexibility index (Phi) is 3.53. The molecule has 1 N–H and O–H groups in total. The van der Waals surface area contributed by atoms with Gasteiger partial charge in [0.05, 0.1) is 6.10 Å². The average Bonchev–Trinajstić information content (AvgIpc) is 2.61. The number of aliphatic hydroxyl groups is 1. The van der Waals surface area contributed by atoms with Crippen molar-refractivity contribution in [3.8, 4) is 0 Å². The quantitative estimate of drug-likeness (QED) is 0.793. The van der Waals surface area contributed by atoms with Gasteiger partial charge >= 0.3 is 0 Å². The van der Waals surface area contributed by atoms with E-state index in [4.69, 9.17) is 0 Å². The maximum Gasteiger partial charge on any atom is 0.225 e. The molecule has 0 heterocycles. The Hall–Kier alpha value is -0.570. The lowest BCUT2D eigenvalue weighted by Gasteiger charge is -2.35. The summed E-state index contributed by atoms with van der Waals surface area (Å²) in [6, 6.07) is 0. The van der Waals surface area contributed by atoms with E-state index < -0.39 is 0 Å². The molecule has 0 aromatic heterocycles.